The number of benzene rings is 1. The van der Waals surface area contributed by atoms with Gasteiger partial charge < -0.3 is 9.47 Å². The lowest BCUT2D eigenvalue weighted by atomic mass is 10.1. The van der Waals surface area contributed by atoms with Gasteiger partial charge in [0.15, 0.2) is 0 Å². The van der Waals surface area contributed by atoms with Gasteiger partial charge in [-0.15, -0.1) is 11.6 Å². The maximum atomic E-state index is 11.7. The zero-order valence-electron chi connectivity index (χ0n) is 9.39. The first kappa shape index (κ1) is 13.5. The molecule has 0 aliphatic rings. The van der Waals surface area contributed by atoms with Gasteiger partial charge in [-0.05, 0) is 6.92 Å². The van der Waals surface area contributed by atoms with Crippen LogP contribution in [-0.4, -0.2) is 24.4 Å². The van der Waals surface area contributed by atoms with E-state index in [1.807, 2.05) is 0 Å². The maximum absolute atomic E-state index is 11.7. The minimum Gasteiger partial charge on any atom is -0.463 e. The van der Waals surface area contributed by atoms with Crippen molar-refractivity contribution >= 4 is 23.5 Å². The smallest absolute Gasteiger partial charge is 0.352 e. The van der Waals surface area contributed by atoms with Gasteiger partial charge in [0, 0.05) is 5.56 Å². The molecule has 0 N–H and O–H groups in total. The zero-order valence-corrected chi connectivity index (χ0v) is 10.1. The summed E-state index contributed by atoms with van der Waals surface area (Å²) in [6, 6.07) is 8.66. The van der Waals surface area contributed by atoms with E-state index in [9.17, 15) is 9.59 Å². The Morgan fingerprint density at radius 3 is 2.47 bits per heavy atom. The van der Waals surface area contributed by atoms with Crippen LogP contribution in [-0.2, 0) is 19.1 Å². The monoisotopic (exact) mass is 256 g/mol. The Hall–Kier alpha value is -1.55. The van der Waals surface area contributed by atoms with E-state index >= 15 is 0 Å². The molecule has 0 radical (unpaired) electrons. The molecule has 0 amide bonds. The standard InChI is InChI=1S/C12H13ClO4/c1-2-16-12(15)11(17-10(14)8-13)9-6-4-3-5-7-9/h3-7,11H,2,8H2,1H3/t11-/m0/s1. The third kappa shape index (κ3) is 4.07. The highest BCUT2D eigenvalue weighted by molar-refractivity contribution is 6.26. The number of esters is 2. The van der Waals surface area contributed by atoms with Crippen molar-refractivity contribution < 1.29 is 19.1 Å². The number of rotatable bonds is 5. The predicted octanol–water partition coefficient (Wildman–Crippen LogP) is 2.07. The molecule has 1 aromatic rings. The molecule has 0 aliphatic carbocycles. The first-order valence-electron chi connectivity index (χ1n) is 5.16. The lowest BCUT2D eigenvalue weighted by Gasteiger charge is -2.15. The summed E-state index contributed by atoms with van der Waals surface area (Å²) in [4.78, 5) is 22.8. The molecular weight excluding hydrogens is 244 g/mol. The lowest BCUT2D eigenvalue weighted by Crippen LogP contribution is -2.22. The van der Waals surface area contributed by atoms with Crippen LogP contribution in [0.1, 0.15) is 18.6 Å². The summed E-state index contributed by atoms with van der Waals surface area (Å²) in [7, 11) is 0. The molecule has 0 bridgehead atoms. The van der Waals surface area contributed by atoms with Crippen LogP contribution in [0.25, 0.3) is 0 Å². The average Bonchev–Trinajstić information content (AvgIpc) is 2.36. The Bertz CT molecular complexity index is 377. The van der Waals surface area contributed by atoms with Crippen LogP contribution < -0.4 is 0 Å². The van der Waals surface area contributed by atoms with Gasteiger partial charge in [-0.3, -0.25) is 4.79 Å². The van der Waals surface area contributed by atoms with Crippen molar-refractivity contribution in [3.63, 3.8) is 0 Å². The molecule has 92 valence electrons. The average molecular weight is 257 g/mol. The van der Waals surface area contributed by atoms with Crippen LogP contribution in [0, 0.1) is 0 Å². The van der Waals surface area contributed by atoms with E-state index in [-0.39, 0.29) is 12.5 Å². The molecule has 0 spiro atoms. The van der Waals surface area contributed by atoms with Crippen molar-refractivity contribution in [2.45, 2.75) is 13.0 Å². The van der Waals surface area contributed by atoms with Gasteiger partial charge in [0.05, 0.1) is 6.61 Å². The van der Waals surface area contributed by atoms with Crippen LogP contribution in [0.2, 0.25) is 0 Å². The number of alkyl halides is 1. The Balaban J connectivity index is 2.86. The van der Waals surface area contributed by atoms with Crippen LogP contribution in [0.3, 0.4) is 0 Å². The largest absolute Gasteiger partial charge is 0.463 e. The van der Waals surface area contributed by atoms with Gasteiger partial charge in [0.25, 0.3) is 0 Å². The number of hydrogen-bond acceptors (Lipinski definition) is 4. The van der Waals surface area contributed by atoms with E-state index in [1.54, 1.807) is 37.3 Å². The van der Waals surface area contributed by atoms with E-state index in [1.165, 1.54) is 0 Å². The highest BCUT2D eigenvalue weighted by Crippen LogP contribution is 2.19. The van der Waals surface area contributed by atoms with Gasteiger partial charge in [-0.25, -0.2) is 4.79 Å². The second kappa shape index (κ2) is 6.91. The fourth-order valence-corrected chi connectivity index (χ4v) is 1.32. The van der Waals surface area contributed by atoms with Gasteiger partial charge >= 0.3 is 11.9 Å². The van der Waals surface area contributed by atoms with Crippen LogP contribution in [0.15, 0.2) is 30.3 Å². The highest BCUT2D eigenvalue weighted by atomic mass is 35.5. The van der Waals surface area contributed by atoms with E-state index < -0.39 is 18.0 Å². The van der Waals surface area contributed by atoms with E-state index in [0.717, 1.165) is 0 Å². The summed E-state index contributed by atoms with van der Waals surface area (Å²) in [5.41, 5.74) is 0.560. The molecule has 0 heterocycles. The minimum atomic E-state index is -1.05. The first-order valence-corrected chi connectivity index (χ1v) is 5.69. The van der Waals surface area contributed by atoms with Crippen LogP contribution >= 0.6 is 11.6 Å². The summed E-state index contributed by atoms with van der Waals surface area (Å²) in [5.74, 6) is -1.56. The zero-order chi connectivity index (χ0) is 12.7. The fourth-order valence-electron chi connectivity index (χ4n) is 1.26. The molecule has 5 heteroatoms. The molecule has 0 aromatic heterocycles. The molecule has 0 saturated carbocycles. The quantitative estimate of drug-likeness (QED) is 0.598. The summed E-state index contributed by atoms with van der Waals surface area (Å²) in [6.07, 6.45) is -1.05. The third-order valence-electron chi connectivity index (χ3n) is 1.96. The number of carbonyl (C=O) groups is 2. The van der Waals surface area contributed by atoms with Gasteiger partial charge in [0.2, 0.25) is 6.10 Å². The van der Waals surface area contributed by atoms with Crippen molar-refractivity contribution in [3.05, 3.63) is 35.9 Å². The minimum absolute atomic E-state index is 0.223. The van der Waals surface area contributed by atoms with Gasteiger partial charge in [-0.1, -0.05) is 30.3 Å². The summed E-state index contributed by atoms with van der Waals surface area (Å²) in [5, 5.41) is 0. The van der Waals surface area contributed by atoms with Gasteiger partial charge in [-0.2, -0.15) is 0 Å². The Morgan fingerprint density at radius 1 is 1.29 bits per heavy atom. The lowest BCUT2D eigenvalue weighted by molar-refractivity contribution is -0.166. The molecule has 0 fully saturated rings. The molecule has 1 aromatic carbocycles. The topological polar surface area (TPSA) is 52.6 Å². The summed E-state index contributed by atoms with van der Waals surface area (Å²) >= 11 is 5.34. The van der Waals surface area contributed by atoms with Crippen molar-refractivity contribution in [1.29, 1.82) is 0 Å². The first-order chi connectivity index (χ1) is 8.19. The normalized spacial score (nSPS) is 11.6. The summed E-state index contributed by atoms with van der Waals surface area (Å²) in [6.45, 7) is 1.91. The number of ether oxygens (including phenoxy) is 2. The van der Waals surface area contributed by atoms with Gasteiger partial charge in [0.1, 0.15) is 5.88 Å². The molecule has 0 unspecified atom stereocenters. The fraction of sp³-hybridized carbons (Fsp3) is 0.333. The summed E-state index contributed by atoms with van der Waals surface area (Å²) < 4.78 is 9.80. The highest BCUT2D eigenvalue weighted by Gasteiger charge is 2.25. The molecule has 4 nitrogen and oxygen atoms in total. The predicted molar refractivity (Wildman–Crippen MR) is 62.6 cm³/mol. The SMILES string of the molecule is CCOC(=O)[C@@H](OC(=O)CCl)c1ccccc1. The van der Waals surface area contributed by atoms with E-state index in [2.05, 4.69) is 0 Å². The van der Waals surface area contributed by atoms with E-state index in [4.69, 9.17) is 21.1 Å². The number of carbonyl (C=O) groups excluding carboxylic acids is 2. The van der Waals surface area contributed by atoms with E-state index in [0.29, 0.717) is 5.56 Å². The molecule has 17 heavy (non-hydrogen) atoms. The molecule has 0 saturated heterocycles. The molecule has 0 aliphatic heterocycles. The maximum Gasteiger partial charge on any atom is 0.352 e. The molecular formula is C12H13ClO4. The molecule has 1 rings (SSSR count). The Kier molecular flexibility index (Phi) is 5.49. The Labute approximate surface area is 104 Å². The van der Waals surface area contributed by atoms with Crippen LogP contribution in [0.4, 0.5) is 0 Å². The number of hydrogen-bond donors (Lipinski definition) is 0. The second-order valence-electron chi connectivity index (χ2n) is 3.17. The molecule has 1 atom stereocenters. The van der Waals surface area contributed by atoms with Crippen molar-refractivity contribution in [2.24, 2.45) is 0 Å². The van der Waals surface area contributed by atoms with Crippen molar-refractivity contribution in [1.82, 2.24) is 0 Å². The third-order valence-corrected chi connectivity index (χ3v) is 2.18. The number of halogens is 1. The Morgan fingerprint density at radius 2 is 1.94 bits per heavy atom. The van der Waals surface area contributed by atoms with Crippen molar-refractivity contribution in [3.8, 4) is 0 Å². The van der Waals surface area contributed by atoms with Crippen LogP contribution in [0.5, 0.6) is 0 Å². The van der Waals surface area contributed by atoms with Crippen molar-refractivity contribution in [2.75, 3.05) is 12.5 Å². The second-order valence-corrected chi connectivity index (χ2v) is 3.43.